The van der Waals surface area contributed by atoms with E-state index in [1.54, 1.807) is 17.8 Å². The second kappa shape index (κ2) is 6.21. The molecule has 1 heterocycles. The summed E-state index contributed by atoms with van der Waals surface area (Å²) in [5.41, 5.74) is 1.61. The van der Waals surface area contributed by atoms with Gasteiger partial charge in [0.1, 0.15) is 4.47 Å². The van der Waals surface area contributed by atoms with E-state index >= 15 is 0 Å². The summed E-state index contributed by atoms with van der Waals surface area (Å²) in [5, 5.41) is 3.92. The normalized spacial score (nSPS) is 10.5. The number of aryl methyl sites for hydroxylation is 1. The third-order valence-electron chi connectivity index (χ3n) is 2.68. The minimum Gasteiger partial charge on any atom is -0.383 e. The van der Waals surface area contributed by atoms with Gasteiger partial charge in [0, 0.05) is 23.8 Å². The van der Waals surface area contributed by atoms with Crippen LogP contribution in [0.1, 0.15) is 5.69 Å². The Balaban J connectivity index is 1.98. The summed E-state index contributed by atoms with van der Waals surface area (Å²) >= 11 is 9.05. The third kappa shape index (κ3) is 3.58. The molecule has 0 aliphatic rings. The topological polar surface area (TPSA) is 46.9 Å². The molecule has 4 nitrogen and oxygen atoms in total. The summed E-state index contributed by atoms with van der Waals surface area (Å²) in [6.45, 7) is 2.98. The average molecular weight is 343 g/mol. The van der Waals surface area contributed by atoms with Crippen molar-refractivity contribution < 1.29 is 0 Å². The van der Waals surface area contributed by atoms with Crippen LogP contribution in [0.4, 0.5) is 5.69 Å². The lowest BCUT2D eigenvalue weighted by Gasteiger charge is -2.09. The van der Waals surface area contributed by atoms with E-state index in [2.05, 4.69) is 26.2 Å². The highest BCUT2D eigenvalue weighted by Crippen LogP contribution is 2.13. The van der Waals surface area contributed by atoms with Gasteiger partial charge >= 0.3 is 0 Å². The summed E-state index contributed by atoms with van der Waals surface area (Å²) in [4.78, 5) is 16.1. The zero-order chi connectivity index (χ0) is 13.8. The van der Waals surface area contributed by atoms with Crippen molar-refractivity contribution in [3.63, 3.8) is 0 Å². The molecular weight excluding hydrogens is 330 g/mol. The molecule has 0 saturated carbocycles. The zero-order valence-corrected chi connectivity index (χ0v) is 12.7. The SMILES string of the molecule is Cc1ncn(CCNc2ccc(Cl)cc2)c(=O)c1Br. The second-order valence-electron chi connectivity index (χ2n) is 4.08. The zero-order valence-electron chi connectivity index (χ0n) is 10.4. The first kappa shape index (κ1) is 14.1. The predicted octanol–water partition coefficient (Wildman–Crippen LogP) is 3.08. The van der Waals surface area contributed by atoms with Crippen LogP contribution in [0, 0.1) is 6.92 Å². The Labute approximate surface area is 124 Å². The van der Waals surface area contributed by atoms with Gasteiger partial charge in [-0.25, -0.2) is 4.98 Å². The first-order chi connectivity index (χ1) is 9.08. The second-order valence-corrected chi connectivity index (χ2v) is 5.31. The van der Waals surface area contributed by atoms with Crippen LogP contribution in [0.2, 0.25) is 5.02 Å². The van der Waals surface area contributed by atoms with E-state index in [-0.39, 0.29) is 5.56 Å². The van der Waals surface area contributed by atoms with Crippen molar-refractivity contribution in [1.29, 1.82) is 0 Å². The van der Waals surface area contributed by atoms with Gasteiger partial charge in [-0.3, -0.25) is 9.36 Å². The number of hydrogen-bond donors (Lipinski definition) is 1. The number of aromatic nitrogens is 2. The molecule has 0 saturated heterocycles. The smallest absolute Gasteiger partial charge is 0.267 e. The molecule has 0 spiro atoms. The Morgan fingerprint density at radius 3 is 2.74 bits per heavy atom. The van der Waals surface area contributed by atoms with Crippen LogP contribution < -0.4 is 10.9 Å². The molecular formula is C13H13BrClN3O. The lowest BCUT2D eigenvalue weighted by atomic mass is 10.3. The summed E-state index contributed by atoms with van der Waals surface area (Å²) in [7, 11) is 0. The van der Waals surface area contributed by atoms with Crippen LogP contribution in [0.5, 0.6) is 0 Å². The molecule has 1 aromatic heterocycles. The lowest BCUT2D eigenvalue weighted by molar-refractivity contribution is 0.672. The molecule has 6 heteroatoms. The first-order valence-corrected chi connectivity index (χ1v) is 6.96. The van der Waals surface area contributed by atoms with Crippen molar-refractivity contribution in [3.05, 3.63) is 56.1 Å². The number of nitrogens with one attached hydrogen (secondary N) is 1. The molecule has 19 heavy (non-hydrogen) atoms. The molecule has 0 unspecified atom stereocenters. The van der Waals surface area contributed by atoms with Gasteiger partial charge < -0.3 is 5.32 Å². The van der Waals surface area contributed by atoms with Gasteiger partial charge in [0.25, 0.3) is 5.56 Å². The molecule has 0 bridgehead atoms. The third-order valence-corrected chi connectivity index (χ3v) is 3.85. The summed E-state index contributed by atoms with van der Waals surface area (Å²) < 4.78 is 2.08. The Bertz CT molecular complexity index is 625. The maximum atomic E-state index is 11.9. The molecule has 100 valence electrons. The molecule has 0 aliphatic carbocycles. The largest absolute Gasteiger partial charge is 0.383 e. The van der Waals surface area contributed by atoms with Crippen LogP contribution in [-0.2, 0) is 6.54 Å². The van der Waals surface area contributed by atoms with Crippen molar-refractivity contribution in [2.75, 3.05) is 11.9 Å². The van der Waals surface area contributed by atoms with Crippen molar-refractivity contribution in [2.45, 2.75) is 13.5 Å². The van der Waals surface area contributed by atoms with Crippen LogP contribution in [0.15, 0.2) is 39.9 Å². The maximum Gasteiger partial charge on any atom is 0.267 e. The van der Waals surface area contributed by atoms with Gasteiger partial charge in [-0.1, -0.05) is 11.6 Å². The van der Waals surface area contributed by atoms with Crippen molar-refractivity contribution >= 4 is 33.2 Å². The minimum atomic E-state index is -0.0644. The van der Waals surface area contributed by atoms with Crippen molar-refractivity contribution in [3.8, 4) is 0 Å². The first-order valence-electron chi connectivity index (χ1n) is 5.79. The number of benzene rings is 1. The highest BCUT2D eigenvalue weighted by molar-refractivity contribution is 9.10. The molecule has 0 aliphatic heterocycles. The molecule has 0 atom stereocenters. The summed E-state index contributed by atoms with van der Waals surface area (Å²) in [5.74, 6) is 0. The highest BCUT2D eigenvalue weighted by Gasteiger charge is 2.04. The Kier molecular flexibility index (Phi) is 4.61. The molecule has 1 N–H and O–H groups in total. The monoisotopic (exact) mass is 341 g/mol. The highest BCUT2D eigenvalue weighted by atomic mass is 79.9. The fraction of sp³-hybridized carbons (Fsp3) is 0.231. The standard InChI is InChI=1S/C13H13BrClN3O/c1-9-12(14)13(19)18(8-17-9)7-6-16-11-4-2-10(15)3-5-11/h2-5,8,16H,6-7H2,1H3. The Morgan fingerprint density at radius 1 is 1.37 bits per heavy atom. The molecule has 0 amide bonds. The maximum absolute atomic E-state index is 11.9. The number of halogens is 2. The molecule has 0 radical (unpaired) electrons. The van der Waals surface area contributed by atoms with Gasteiger partial charge in [0.2, 0.25) is 0 Å². The van der Waals surface area contributed by atoms with Crippen molar-refractivity contribution in [2.24, 2.45) is 0 Å². The minimum absolute atomic E-state index is 0.0644. The summed E-state index contributed by atoms with van der Waals surface area (Å²) in [6, 6.07) is 7.43. The van der Waals surface area contributed by atoms with Gasteiger partial charge in [-0.2, -0.15) is 0 Å². The van der Waals surface area contributed by atoms with Crippen LogP contribution in [-0.4, -0.2) is 16.1 Å². The van der Waals surface area contributed by atoms with E-state index in [1.165, 1.54) is 0 Å². The summed E-state index contributed by atoms with van der Waals surface area (Å²) in [6.07, 6.45) is 1.56. The van der Waals surface area contributed by atoms with Crippen LogP contribution in [0.3, 0.4) is 0 Å². The van der Waals surface area contributed by atoms with Crippen molar-refractivity contribution in [1.82, 2.24) is 9.55 Å². The fourth-order valence-corrected chi connectivity index (χ4v) is 2.05. The van der Waals surface area contributed by atoms with E-state index in [4.69, 9.17) is 11.6 Å². The van der Waals surface area contributed by atoms with Crippen LogP contribution in [0.25, 0.3) is 0 Å². The van der Waals surface area contributed by atoms with E-state index in [0.717, 1.165) is 5.69 Å². The number of nitrogens with zero attached hydrogens (tertiary/aromatic N) is 2. The van der Waals surface area contributed by atoms with Gasteiger partial charge in [0.05, 0.1) is 12.0 Å². The fourth-order valence-electron chi connectivity index (χ4n) is 1.59. The Hall–Kier alpha value is -1.33. The van der Waals surface area contributed by atoms with Gasteiger partial charge in [0.15, 0.2) is 0 Å². The lowest BCUT2D eigenvalue weighted by Crippen LogP contribution is -2.25. The predicted molar refractivity (Wildman–Crippen MR) is 80.9 cm³/mol. The number of anilines is 1. The molecule has 2 aromatic rings. The van der Waals surface area contributed by atoms with E-state index in [0.29, 0.717) is 28.3 Å². The number of rotatable bonds is 4. The van der Waals surface area contributed by atoms with E-state index < -0.39 is 0 Å². The molecule has 0 fully saturated rings. The quantitative estimate of drug-likeness (QED) is 0.929. The molecule has 1 aromatic carbocycles. The Morgan fingerprint density at radius 2 is 2.05 bits per heavy atom. The van der Waals surface area contributed by atoms with Gasteiger partial charge in [-0.05, 0) is 47.1 Å². The van der Waals surface area contributed by atoms with Crippen LogP contribution >= 0.6 is 27.5 Å². The van der Waals surface area contributed by atoms with Gasteiger partial charge in [-0.15, -0.1) is 0 Å². The average Bonchev–Trinajstić information content (AvgIpc) is 2.41. The van der Waals surface area contributed by atoms with E-state index in [1.807, 2.05) is 24.3 Å². The molecule has 2 rings (SSSR count). The van der Waals surface area contributed by atoms with E-state index in [9.17, 15) is 4.79 Å². The number of hydrogen-bond acceptors (Lipinski definition) is 3.